The number of ether oxygens (including phenoxy) is 2. The first-order chi connectivity index (χ1) is 21.0. The van der Waals surface area contributed by atoms with Gasteiger partial charge < -0.3 is 14.8 Å². The lowest BCUT2D eigenvalue weighted by atomic mass is 10.1. The van der Waals surface area contributed by atoms with Gasteiger partial charge in [0.15, 0.2) is 23.9 Å². The summed E-state index contributed by atoms with van der Waals surface area (Å²) < 4.78 is 52.7. The van der Waals surface area contributed by atoms with Crippen LogP contribution in [0.2, 0.25) is 5.02 Å². The Morgan fingerprint density at radius 2 is 1.80 bits per heavy atom. The molecule has 0 bridgehead atoms. The van der Waals surface area contributed by atoms with E-state index in [-0.39, 0.29) is 44.4 Å². The number of aromatic nitrogens is 2. The first-order valence-electron chi connectivity index (χ1n) is 13.1. The third kappa shape index (κ3) is 6.73. The van der Waals surface area contributed by atoms with E-state index < -0.39 is 29.8 Å². The first kappa shape index (κ1) is 30.3. The highest BCUT2D eigenvalue weighted by Gasteiger charge is 2.31. The Morgan fingerprint density at radius 1 is 1.05 bits per heavy atom. The number of nitrogens with zero attached hydrogens (tertiary/aromatic N) is 3. The molecule has 0 aliphatic rings. The largest absolute Gasteiger partial charge is 0.493 e. The number of fused-ring (bicyclic) bond motifs is 1. The van der Waals surface area contributed by atoms with Crippen LogP contribution in [0.5, 0.6) is 11.5 Å². The van der Waals surface area contributed by atoms with Crippen molar-refractivity contribution in [3.05, 3.63) is 117 Å². The van der Waals surface area contributed by atoms with Crippen molar-refractivity contribution in [1.82, 2.24) is 9.66 Å². The van der Waals surface area contributed by atoms with Gasteiger partial charge >= 0.3 is 6.18 Å². The topological polar surface area (TPSA) is 94.8 Å². The van der Waals surface area contributed by atoms with E-state index in [1.54, 1.807) is 30.3 Å². The van der Waals surface area contributed by atoms with Crippen molar-refractivity contribution < 1.29 is 27.4 Å². The van der Waals surface area contributed by atoms with E-state index in [0.717, 1.165) is 22.4 Å². The van der Waals surface area contributed by atoms with Gasteiger partial charge in [0.2, 0.25) is 0 Å². The minimum Gasteiger partial charge on any atom is -0.493 e. The number of benzene rings is 4. The summed E-state index contributed by atoms with van der Waals surface area (Å²) in [5, 5.41) is 7.49. The third-order valence-electron chi connectivity index (χ3n) is 6.47. The van der Waals surface area contributed by atoms with Crippen LogP contribution in [0.15, 0.2) is 94.8 Å². The molecular formula is C32H24ClF3N4O4. The van der Waals surface area contributed by atoms with Gasteiger partial charge in [0.05, 0.1) is 29.8 Å². The summed E-state index contributed by atoms with van der Waals surface area (Å²) in [5.74, 6) is -0.285. The number of hydrogen-bond acceptors (Lipinski definition) is 6. The van der Waals surface area contributed by atoms with E-state index in [4.69, 9.17) is 21.1 Å². The predicted octanol–water partition coefficient (Wildman–Crippen LogP) is 6.95. The maximum atomic E-state index is 13.6. The molecule has 0 aliphatic carbocycles. The second-order valence-corrected chi connectivity index (χ2v) is 10.1. The molecule has 0 atom stereocenters. The Kier molecular flexibility index (Phi) is 8.68. The predicted molar refractivity (Wildman–Crippen MR) is 163 cm³/mol. The second kappa shape index (κ2) is 12.6. The van der Waals surface area contributed by atoms with Gasteiger partial charge in [-0.1, -0.05) is 53.6 Å². The lowest BCUT2D eigenvalue weighted by molar-refractivity contribution is -0.137. The molecule has 0 saturated heterocycles. The van der Waals surface area contributed by atoms with Crippen molar-refractivity contribution in [2.45, 2.75) is 13.1 Å². The molecule has 0 radical (unpaired) electrons. The van der Waals surface area contributed by atoms with Gasteiger partial charge in [-0.25, -0.2) is 4.98 Å². The quantitative estimate of drug-likeness (QED) is 0.189. The van der Waals surface area contributed by atoms with Crippen LogP contribution < -0.4 is 20.3 Å². The van der Waals surface area contributed by atoms with Crippen LogP contribution in [0.3, 0.4) is 0 Å². The summed E-state index contributed by atoms with van der Waals surface area (Å²) in [6, 6.07) is 21.0. The molecule has 1 heterocycles. The van der Waals surface area contributed by atoms with Crippen LogP contribution >= 0.6 is 11.6 Å². The van der Waals surface area contributed by atoms with Gasteiger partial charge in [-0.3, -0.25) is 9.59 Å². The maximum Gasteiger partial charge on any atom is 0.416 e. The van der Waals surface area contributed by atoms with E-state index in [2.05, 4.69) is 15.4 Å². The van der Waals surface area contributed by atoms with Gasteiger partial charge in [-0.2, -0.15) is 22.9 Å². The average Bonchev–Trinajstić information content (AvgIpc) is 3.00. The zero-order valence-corrected chi connectivity index (χ0v) is 24.1. The number of anilines is 1. The Balaban J connectivity index is 1.55. The molecule has 4 aromatic carbocycles. The number of amides is 1. The molecule has 5 aromatic rings. The molecule has 224 valence electrons. The van der Waals surface area contributed by atoms with Crippen LogP contribution in [0.4, 0.5) is 18.9 Å². The molecule has 12 heteroatoms. The summed E-state index contributed by atoms with van der Waals surface area (Å²) in [5.41, 5.74) is 0.621. The van der Waals surface area contributed by atoms with Crippen LogP contribution in [-0.2, 0) is 11.0 Å². The molecule has 0 unspecified atom stereocenters. The highest BCUT2D eigenvalue weighted by atomic mass is 35.5. The number of para-hydroxylation sites is 1. The van der Waals surface area contributed by atoms with E-state index in [1.165, 1.54) is 43.7 Å². The number of carbonyl (C=O) groups is 1. The third-order valence-corrected chi connectivity index (χ3v) is 6.68. The van der Waals surface area contributed by atoms with Crippen LogP contribution in [0.1, 0.15) is 16.7 Å². The minimum absolute atomic E-state index is 0.0211. The van der Waals surface area contributed by atoms with Crippen molar-refractivity contribution in [2.24, 2.45) is 5.10 Å². The van der Waals surface area contributed by atoms with Gasteiger partial charge in [0.1, 0.15) is 0 Å². The summed E-state index contributed by atoms with van der Waals surface area (Å²) in [7, 11) is 1.38. The van der Waals surface area contributed by atoms with E-state index in [0.29, 0.717) is 5.69 Å². The second-order valence-electron chi connectivity index (χ2n) is 9.62. The van der Waals surface area contributed by atoms with Crippen LogP contribution in [0, 0.1) is 6.92 Å². The van der Waals surface area contributed by atoms with Crippen molar-refractivity contribution in [3.63, 3.8) is 0 Å². The first-order valence-corrected chi connectivity index (χ1v) is 13.5. The Morgan fingerprint density at radius 3 is 2.52 bits per heavy atom. The molecule has 0 saturated carbocycles. The molecular weight excluding hydrogens is 597 g/mol. The fourth-order valence-electron chi connectivity index (χ4n) is 4.33. The normalized spacial score (nSPS) is 11.6. The number of aryl methyl sites for hydroxylation is 1. The number of nitrogens with one attached hydrogen (secondary N) is 1. The highest BCUT2D eigenvalue weighted by Crippen LogP contribution is 2.35. The van der Waals surface area contributed by atoms with Crippen molar-refractivity contribution in [1.29, 1.82) is 0 Å². The van der Waals surface area contributed by atoms with E-state index >= 15 is 0 Å². The van der Waals surface area contributed by atoms with Gasteiger partial charge in [-0.15, -0.1) is 0 Å². The molecule has 5 rings (SSSR count). The van der Waals surface area contributed by atoms with Crippen molar-refractivity contribution >= 4 is 40.3 Å². The maximum absolute atomic E-state index is 13.6. The number of rotatable bonds is 8. The Labute approximate surface area is 254 Å². The summed E-state index contributed by atoms with van der Waals surface area (Å²) >= 11 is 6.30. The summed E-state index contributed by atoms with van der Waals surface area (Å²) in [4.78, 5) is 30.7. The minimum atomic E-state index is -4.61. The molecule has 1 aromatic heterocycles. The number of alkyl halides is 3. The van der Waals surface area contributed by atoms with Crippen LogP contribution in [0.25, 0.3) is 22.3 Å². The van der Waals surface area contributed by atoms with Gasteiger partial charge in [0.25, 0.3) is 11.5 Å². The fraction of sp³-hybridized carbons (Fsp3) is 0.125. The van der Waals surface area contributed by atoms with Crippen molar-refractivity contribution in [2.75, 3.05) is 19.0 Å². The highest BCUT2D eigenvalue weighted by molar-refractivity contribution is 6.31. The van der Waals surface area contributed by atoms with Crippen molar-refractivity contribution in [3.8, 4) is 22.9 Å². The Hall–Kier alpha value is -5.16. The van der Waals surface area contributed by atoms with E-state index in [1.807, 2.05) is 19.1 Å². The average molecular weight is 621 g/mol. The summed E-state index contributed by atoms with van der Waals surface area (Å²) in [6.45, 7) is 1.52. The molecule has 0 fully saturated rings. The molecule has 0 aliphatic heterocycles. The zero-order chi connectivity index (χ0) is 31.4. The number of hydrogen-bond donors (Lipinski definition) is 1. The standard InChI is InChI=1S/C32H24ClF3N4O4/c1-19-10-12-24(13-11-19)38-28(41)18-44-29-21(15-23(33)16-27(29)43-2)17-37-40-30(20-6-5-7-22(14-20)32(34,35)36)39-26-9-4-3-8-25(26)31(40)42/h3-17H,18H2,1-2H3,(H,38,41). The fourth-order valence-corrected chi connectivity index (χ4v) is 4.55. The molecule has 44 heavy (non-hydrogen) atoms. The zero-order valence-electron chi connectivity index (χ0n) is 23.4. The van der Waals surface area contributed by atoms with Crippen LogP contribution in [-0.4, -0.2) is 35.5 Å². The molecule has 1 N–H and O–H groups in total. The molecule has 0 spiro atoms. The van der Waals surface area contributed by atoms with Gasteiger partial charge in [0, 0.05) is 27.9 Å². The van der Waals surface area contributed by atoms with E-state index in [9.17, 15) is 22.8 Å². The lowest BCUT2D eigenvalue weighted by Crippen LogP contribution is -2.21. The summed E-state index contributed by atoms with van der Waals surface area (Å²) in [6.07, 6.45) is -3.38. The molecule has 8 nitrogen and oxygen atoms in total. The lowest BCUT2D eigenvalue weighted by Gasteiger charge is -2.15. The molecule has 1 amide bonds. The number of carbonyl (C=O) groups excluding carboxylic acids is 1. The number of halogens is 4. The number of methoxy groups -OCH3 is 1. The Bertz CT molecular complexity index is 1940. The SMILES string of the molecule is COc1cc(Cl)cc(C=Nn2c(-c3cccc(C(F)(F)F)c3)nc3ccccc3c2=O)c1OCC(=O)Nc1ccc(C)cc1. The monoisotopic (exact) mass is 620 g/mol. The van der Waals surface area contributed by atoms with Gasteiger partial charge in [-0.05, 0) is 49.4 Å². The smallest absolute Gasteiger partial charge is 0.416 e.